The SMILES string of the molecule is CC(O)CO[C@@H]1CCO[C@@H]([C@@H]2CC[C@H]2CN2CC3(CCCc4cc(Cl)ccc43)COc3ccc(C(=O)O)cc32)C1. The Hall–Kier alpha value is -2.32. The number of carboxylic acids is 1. The minimum absolute atomic E-state index is 0.119. The molecular formula is C32H40ClNO6. The summed E-state index contributed by atoms with van der Waals surface area (Å²) in [6, 6.07) is 11.5. The number of aliphatic hydroxyl groups excluding tert-OH is 1. The van der Waals surface area contributed by atoms with Crippen molar-refractivity contribution in [2.24, 2.45) is 11.8 Å². The molecule has 6 rings (SSSR count). The summed E-state index contributed by atoms with van der Waals surface area (Å²) in [5.41, 5.74) is 3.54. The van der Waals surface area contributed by atoms with E-state index in [1.165, 1.54) is 11.1 Å². The summed E-state index contributed by atoms with van der Waals surface area (Å²) >= 11 is 6.38. The van der Waals surface area contributed by atoms with E-state index in [0.29, 0.717) is 31.7 Å². The topological polar surface area (TPSA) is 88.5 Å². The number of benzene rings is 2. The van der Waals surface area contributed by atoms with Crippen LogP contribution in [0.15, 0.2) is 36.4 Å². The molecule has 8 heteroatoms. The number of aliphatic hydroxyl groups is 1. The van der Waals surface area contributed by atoms with E-state index in [4.69, 9.17) is 25.8 Å². The molecule has 2 aromatic carbocycles. The summed E-state index contributed by atoms with van der Waals surface area (Å²) < 4.78 is 18.7. The Balaban J connectivity index is 1.27. The zero-order valence-electron chi connectivity index (χ0n) is 23.2. The van der Waals surface area contributed by atoms with Crippen molar-refractivity contribution < 1.29 is 29.2 Å². The molecule has 4 aliphatic rings. The van der Waals surface area contributed by atoms with Gasteiger partial charge in [0.1, 0.15) is 5.75 Å². The van der Waals surface area contributed by atoms with Crippen molar-refractivity contribution in [1.29, 1.82) is 0 Å². The van der Waals surface area contributed by atoms with E-state index >= 15 is 0 Å². The fourth-order valence-electron chi connectivity index (χ4n) is 7.36. The van der Waals surface area contributed by atoms with Crippen LogP contribution in [0, 0.1) is 11.8 Å². The van der Waals surface area contributed by atoms with Crippen molar-refractivity contribution >= 4 is 23.3 Å². The summed E-state index contributed by atoms with van der Waals surface area (Å²) in [7, 11) is 0. The minimum Gasteiger partial charge on any atom is -0.490 e. The highest BCUT2D eigenvalue weighted by Crippen LogP contribution is 2.47. The number of nitrogens with zero attached hydrogens (tertiary/aromatic N) is 1. The van der Waals surface area contributed by atoms with Gasteiger partial charge >= 0.3 is 5.97 Å². The van der Waals surface area contributed by atoms with E-state index < -0.39 is 12.1 Å². The monoisotopic (exact) mass is 569 g/mol. The van der Waals surface area contributed by atoms with Gasteiger partial charge in [-0.1, -0.05) is 17.7 Å². The van der Waals surface area contributed by atoms with Crippen LogP contribution < -0.4 is 9.64 Å². The van der Waals surface area contributed by atoms with E-state index in [2.05, 4.69) is 17.0 Å². The predicted molar refractivity (Wildman–Crippen MR) is 154 cm³/mol. The third-order valence-electron chi connectivity index (χ3n) is 9.53. The van der Waals surface area contributed by atoms with Crippen LogP contribution in [0.3, 0.4) is 0 Å². The average Bonchev–Trinajstić information content (AvgIpc) is 3.07. The molecule has 2 fully saturated rings. The lowest BCUT2D eigenvalue weighted by molar-refractivity contribution is -0.124. The number of anilines is 1. The van der Waals surface area contributed by atoms with Gasteiger partial charge in [0, 0.05) is 36.6 Å². The third kappa shape index (κ3) is 5.58. The molecule has 216 valence electrons. The zero-order chi connectivity index (χ0) is 27.9. The maximum atomic E-state index is 11.9. The summed E-state index contributed by atoms with van der Waals surface area (Å²) in [4.78, 5) is 14.3. The van der Waals surface area contributed by atoms with Crippen LogP contribution in [-0.4, -0.2) is 67.4 Å². The number of ether oxygens (including phenoxy) is 3. The van der Waals surface area contributed by atoms with Crippen LogP contribution >= 0.6 is 11.6 Å². The van der Waals surface area contributed by atoms with Gasteiger partial charge in [-0.05, 0) is 98.7 Å². The number of carboxylic acid groups (broad SMARTS) is 1. The maximum absolute atomic E-state index is 11.9. The van der Waals surface area contributed by atoms with E-state index in [1.807, 2.05) is 12.1 Å². The number of aromatic carboxylic acids is 1. The molecule has 0 aromatic heterocycles. The van der Waals surface area contributed by atoms with Gasteiger partial charge in [-0.25, -0.2) is 4.79 Å². The van der Waals surface area contributed by atoms with Crippen molar-refractivity contribution in [2.45, 2.75) is 75.6 Å². The largest absolute Gasteiger partial charge is 0.490 e. The first-order chi connectivity index (χ1) is 19.3. The Morgan fingerprint density at radius 1 is 1.23 bits per heavy atom. The molecule has 0 radical (unpaired) electrons. The number of hydrogen-bond acceptors (Lipinski definition) is 6. The average molecular weight is 570 g/mol. The Kier molecular flexibility index (Phi) is 8.01. The number of halogens is 1. The van der Waals surface area contributed by atoms with Crippen LogP contribution in [0.5, 0.6) is 5.75 Å². The molecule has 2 aliphatic carbocycles. The maximum Gasteiger partial charge on any atom is 0.335 e. The number of rotatable bonds is 7. The van der Waals surface area contributed by atoms with Crippen molar-refractivity contribution in [3.8, 4) is 5.75 Å². The number of aryl methyl sites for hydroxylation is 1. The lowest BCUT2D eigenvalue weighted by atomic mass is 9.67. The van der Waals surface area contributed by atoms with Gasteiger partial charge in [-0.2, -0.15) is 0 Å². The Labute approximate surface area is 241 Å². The van der Waals surface area contributed by atoms with Gasteiger partial charge < -0.3 is 29.3 Å². The molecule has 2 unspecified atom stereocenters. The van der Waals surface area contributed by atoms with Crippen molar-refractivity contribution in [1.82, 2.24) is 0 Å². The minimum atomic E-state index is -0.931. The van der Waals surface area contributed by atoms with E-state index in [0.717, 1.165) is 74.5 Å². The second-order valence-corrected chi connectivity index (χ2v) is 12.8. The smallest absolute Gasteiger partial charge is 0.335 e. The first kappa shape index (κ1) is 27.8. The molecule has 2 N–H and O–H groups in total. The molecule has 0 bridgehead atoms. The summed E-state index contributed by atoms with van der Waals surface area (Å²) in [6.07, 6.45) is 6.85. The molecule has 1 saturated carbocycles. The Bertz CT molecular complexity index is 1240. The quantitative estimate of drug-likeness (QED) is 0.456. The van der Waals surface area contributed by atoms with Gasteiger partial charge in [0.05, 0.1) is 42.8 Å². The van der Waals surface area contributed by atoms with Gasteiger partial charge in [-0.15, -0.1) is 0 Å². The highest BCUT2D eigenvalue weighted by atomic mass is 35.5. The lowest BCUT2D eigenvalue weighted by Gasteiger charge is -2.47. The lowest BCUT2D eigenvalue weighted by Crippen LogP contribution is -2.51. The second kappa shape index (κ2) is 11.5. The molecule has 0 amide bonds. The highest BCUT2D eigenvalue weighted by Gasteiger charge is 2.45. The van der Waals surface area contributed by atoms with Crippen LogP contribution in [0.2, 0.25) is 5.02 Å². The standard InChI is InChI=1S/C32H40ClNO6/c1-20(35)17-39-25-10-12-38-30(15-25)26-7-4-23(26)16-34-18-32(11-2-3-21-13-24(33)6-8-27(21)32)19-40-29-9-5-22(31(36)37)14-28(29)34/h5-6,8-9,13-14,20,23,25-26,30,35H,2-4,7,10-12,15-19H2,1H3,(H,36,37)/t20?,23-,25+,26+,30+,32?/m0/s1. The third-order valence-corrected chi connectivity index (χ3v) is 9.77. The van der Waals surface area contributed by atoms with Crippen molar-refractivity contribution in [2.75, 3.05) is 37.8 Å². The van der Waals surface area contributed by atoms with Crippen molar-refractivity contribution in [3.63, 3.8) is 0 Å². The molecule has 2 heterocycles. The molecule has 40 heavy (non-hydrogen) atoms. The fraction of sp³-hybridized carbons (Fsp3) is 0.594. The first-order valence-corrected chi connectivity index (χ1v) is 15.1. The van der Waals surface area contributed by atoms with Crippen LogP contribution in [0.4, 0.5) is 5.69 Å². The van der Waals surface area contributed by atoms with Crippen LogP contribution in [-0.2, 0) is 21.3 Å². The number of fused-ring (bicyclic) bond motifs is 3. The van der Waals surface area contributed by atoms with Crippen molar-refractivity contribution in [3.05, 3.63) is 58.1 Å². The Morgan fingerprint density at radius 2 is 2.10 bits per heavy atom. The second-order valence-electron chi connectivity index (χ2n) is 12.3. The molecule has 1 spiro atoms. The molecular weight excluding hydrogens is 530 g/mol. The highest BCUT2D eigenvalue weighted by molar-refractivity contribution is 6.30. The van der Waals surface area contributed by atoms with E-state index in [-0.39, 0.29) is 23.2 Å². The molecule has 6 atom stereocenters. The van der Waals surface area contributed by atoms with E-state index in [9.17, 15) is 15.0 Å². The molecule has 2 aliphatic heterocycles. The van der Waals surface area contributed by atoms with Gasteiger partial charge in [-0.3, -0.25) is 0 Å². The summed E-state index contributed by atoms with van der Waals surface area (Å²) in [6.45, 7) is 4.95. The Morgan fingerprint density at radius 3 is 2.88 bits per heavy atom. The van der Waals surface area contributed by atoms with Crippen LogP contribution in [0.1, 0.15) is 66.9 Å². The zero-order valence-corrected chi connectivity index (χ0v) is 23.9. The summed E-state index contributed by atoms with van der Waals surface area (Å²) in [5, 5.41) is 20.2. The number of hydrogen-bond donors (Lipinski definition) is 2. The molecule has 1 saturated heterocycles. The van der Waals surface area contributed by atoms with Gasteiger partial charge in [0.2, 0.25) is 0 Å². The predicted octanol–water partition coefficient (Wildman–Crippen LogP) is 5.48. The molecule has 7 nitrogen and oxygen atoms in total. The first-order valence-electron chi connectivity index (χ1n) is 14.8. The normalized spacial score (nSPS) is 30.4. The molecule has 2 aromatic rings. The van der Waals surface area contributed by atoms with Gasteiger partial charge in [0.25, 0.3) is 0 Å². The van der Waals surface area contributed by atoms with Crippen LogP contribution in [0.25, 0.3) is 0 Å². The fourth-order valence-corrected chi connectivity index (χ4v) is 7.56. The van der Waals surface area contributed by atoms with E-state index in [1.54, 1.807) is 19.1 Å². The van der Waals surface area contributed by atoms with Gasteiger partial charge in [0.15, 0.2) is 0 Å². The summed E-state index contributed by atoms with van der Waals surface area (Å²) in [5.74, 6) is 0.686. The number of carbonyl (C=O) groups is 1.